The van der Waals surface area contributed by atoms with Gasteiger partial charge in [-0.15, -0.1) is 0 Å². The zero-order chi connectivity index (χ0) is 51.4. The van der Waals surface area contributed by atoms with Gasteiger partial charge in [-0.2, -0.15) is 0 Å². The average Bonchev–Trinajstić information content (AvgIpc) is 3.27. The number of carbonyl (C=O) groups excluding carboxylic acids is 2. The number of ketones is 1. The number of esters is 1. The summed E-state index contributed by atoms with van der Waals surface area (Å²) in [5.41, 5.74) is 1.91. The van der Waals surface area contributed by atoms with Crippen LogP contribution in [0, 0.1) is 11.8 Å². The lowest BCUT2D eigenvalue weighted by Gasteiger charge is -2.44. The van der Waals surface area contributed by atoms with Crippen molar-refractivity contribution in [2.24, 2.45) is 11.8 Å². The van der Waals surface area contributed by atoms with Crippen LogP contribution in [-0.2, 0) is 31.4 Å². The van der Waals surface area contributed by atoms with E-state index in [-0.39, 0.29) is 56.6 Å². The summed E-state index contributed by atoms with van der Waals surface area (Å²) in [7, 11) is -7.74. The van der Waals surface area contributed by atoms with E-state index in [9.17, 15) is 14.7 Å². The Morgan fingerprint density at radius 3 is 1.77 bits per heavy atom. The lowest BCUT2D eigenvalue weighted by Crippen LogP contribution is -2.67. The zero-order valence-corrected chi connectivity index (χ0v) is 48.1. The molecule has 0 saturated carbocycles. The Morgan fingerprint density at radius 2 is 1.28 bits per heavy atom. The molecular weight excluding hydrogens is 905 g/mol. The second-order valence-corrected chi connectivity index (χ2v) is 36.8. The summed E-state index contributed by atoms with van der Waals surface area (Å²) >= 11 is 0. The quantitative estimate of drug-likeness (QED) is 0.0260. The van der Waals surface area contributed by atoms with Crippen LogP contribution in [0.3, 0.4) is 0 Å². The van der Waals surface area contributed by atoms with Gasteiger partial charge in [-0.25, -0.2) is 4.79 Å². The Hall–Kier alpha value is -4.33. The minimum Gasteiger partial charge on any atom is -0.543 e. The molecule has 69 heavy (non-hydrogen) atoms. The summed E-state index contributed by atoms with van der Waals surface area (Å²) in [5.74, 6) is -1.54. The van der Waals surface area contributed by atoms with Gasteiger partial charge in [-0.3, -0.25) is 4.79 Å². The van der Waals surface area contributed by atoms with Crippen LogP contribution in [0.4, 0.5) is 0 Å². The van der Waals surface area contributed by atoms with Crippen LogP contribution in [0.25, 0.3) is 6.08 Å². The molecule has 3 atom stereocenters. The van der Waals surface area contributed by atoms with E-state index in [2.05, 4.69) is 150 Å². The lowest BCUT2D eigenvalue weighted by molar-refractivity contribution is -0.119. The van der Waals surface area contributed by atoms with E-state index < -0.39 is 36.8 Å². The van der Waals surface area contributed by atoms with Gasteiger partial charge in [0.1, 0.15) is 23.7 Å². The van der Waals surface area contributed by atoms with Gasteiger partial charge in [0, 0.05) is 30.1 Å². The Labute approximate surface area is 420 Å². The van der Waals surface area contributed by atoms with Gasteiger partial charge < -0.3 is 23.1 Å². The Morgan fingerprint density at radius 1 is 0.739 bits per heavy atom. The molecule has 376 valence electrons. The highest BCUT2D eigenvalue weighted by atomic mass is 28.4. The van der Waals surface area contributed by atoms with Gasteiger partial charge in [0.2, 0.25) is 0 Å². The van der Waals surface area contributed by atoms with Gasteiger partial charge in [-0.05, 0) is 101 Å². The number of phenols is 1. The number of aromatic hydroxyl groups is 1. The number of phenolic OH excluding ortho intramolecular Hbond substituents is 1. The topological polar surface area (TPSA) is 91.3 Å². The predicted octanol–water partition coefficient (Wildman–Crippen LogP) is 14.6. The van der Waals surface area contributed by atoms with Gasteiger partial charge in [0.25, 0.3) is 16.6 Å². The number of hydrogen-bond donors (Lipinski definition) is 1. The second kappa shape index (κ2) is 24.2. The first kappa shape index (κ1) is 57.3. The maximum Gasteiger partial charge on any atom is 0.346 e. The fraction of sp³-hybridized carbons (Fsp3) is 0.492. The molecule has 10 heteroatoms. The maximum absolute atomic E-state index is 14.7. The Kier molecular flexibility index (Phi) is 20.1. The van der Waals surface area contributed by atoms with Crippen LogP contribution >= 0.6 is 0 Å². The van der Waals surface area contributed by atoms with E-state index in [4.69, 9.17) is 18.0 Å². The third kappa shape index (κ3) is 14.6. The number of unbranched alkanes of at least 4 members (excludes halogenated alkanes) is 2. The van der Waals surface area contributed by atoms with Gasteiger partial charge in [-0.1, -0.05) is 199 Å². The molecule has 0 unspecified atom stereocenters. The molecule has 1 N–H and O–H groups in total. The molecule has 0 spiro atoms. The highest BCUT2D eigenvalue weighted by molar-refractivity contribution is 6.99. The SMILES string of the molecule is C/C=C/[C@H](CO[Si](c1ccccc1)(c1ccccc1)C(C)(C)C)[C@H](C)C(=O)/C=C/c1c(C[C@@H](CCCCC)O[Si](C)(C)C(C)(C)C)cc(O[Si](C)(C)C(C)(C)C)c(C(=O)OCc2ccccc2)c1O. The van der Waals surface area contributed by atoms with Crippen molar-refractivity contribution in [3.63, 3.8) is 0 Å². The standard InChI is InChI=1S/C59H86O7Si3/c1-17-19-23-33-48(65-67(13,14)57(4,5)6)40-47-41-53(66-68(15,16)58(7,8)9)54(56(62)63-42-45-31-24-20-25-32-45)55(61)51(47)38-39-52(60)44(3)46(30-18-2)43-64-69(59(10,11)12,49-34-26-21-27-35-49)50-36-28-22-29-37-50/h18,20-22,24-32,34-39,41,44,46,48,61H,17,19,23,33,40,42-43H2,1-16H3/b30-18+,39-38+/t44-,46+,48+/m0/s1. The van der Waals surface area contributed by atoms with Gasteiger partial charge >= 0.3 is 5.97 Å². The summed E-state index contributed by atoms with van der Waals surface area (Å²) in [6.07, 6.45) is 11.6. The molecular formula is C59H86O7Si3. The van der Waals surface area contributed by atoms with E-state index >= 15 is 0 Å². The summed E-state index contributed by atoms with van der Waals surface area (Å²) in [6.45, 7) is 35.2. The monoisotopic (exact) mass is 991 g/mol. The number of rotatable bonds is 23. The van der Waals surface area contributed by atoms with Gasteiger partial charge in [0.05, 0.1) is 0 Å². The molecule has 0 amide bonds. The molecule has 0 radical (unpaired) electrons. The normalized spacial score (nSPS) is 14.5. The van der Waals surface area contributed by atoms with Gasteiger partial charge in [0.15, 0.2) is 14.1 Å². The molecule has 0 fully saturated rings. The first-order valence-electron chi connectivity index (χ1n) is 25.3. The molecule has 0 aliphatic carbocycles. The molecule has 0 aromatic heterocycles. The van der Waals surface area contributed by atoms with Crippen LogP contribution in [0.1, 0.15) is 136 Å². The predicted molar refractivity (Wildman–Crippen MR) is 296 cm³/mol. The van der Waals surface area contributed by atoms with E-state index in [0.29, 0.717) is 18.6 Å². The van der Waals surface area contributed by atoms with Crippen molar-refractivity contribution >= 4 is 53.2 Å². The highest BCUT2D eigenvalue weighted by Gasteiger charge is 2.50. The molecule has 0 heterocycles. The van der Waals surface area contributed by atoms with Crippen LogP contribution in [0.5, 0.6) is 11.5 Å². The van der Waals surface area contributed by atoms with Crippen molar-refractivity contribution in [1.82, 2.24) is 0 Å². The number of allylic oxidation sites excluding steroid dienone is 2. The molecule has 4 rings (SSSR count). The van der Waals surface area contributed by atoms with Crippen molar-refractivity contribution < 1.29 is 32.7 Å². The first-order chi connectivity index (χ1) is 32.2. The average molecular weight is 992 g/mol. The highest BCUT2D eigenvalue weighted by Crippen LogP contribution is 2.44. The third-order valence-electron chi connectivity index (χ3n) is 14.7. The number of carbonyl (C=O) groups is 2. The summed E-state index contributed by atoms with van der Waals surface area (Å²) in [4.78, 5) is 29.1. The smallest absolute Gasteiger partial charge is 0.346 e. The maximum atomic E-state index is 14.7. The van der Waals surface area contributed by atoms with Crippen molar-refractivity contribution in [2.75, 3.05) is 6.61 Å². The largest absolute Gasteiger partial charge is 0.543 e. The van der Waals surface area contributed by atoms with Crippen LogP contribution in [0.15, 0.2) is 115 Å². The molecule has 0 aliphatic rings. The van der Waals surface area contributed by atoms with Crippen molar-refractivity contribution in [3.05, 3.63) is 138 Å². The van der Waals surface area contributed by atoms with Crippen molar-refractivity contribution in [3.8, 4) is 11.5 Å². The van der Waals surface area contributed by atoms with Crippen molar-refractivity contribution in [1.29, 1.82) is 0 Å². The third-order valence-corrected chi connectivity index (χ3v) is 28.6. The first-order valence-corrected chi connectivity index (χ1v) is 33.0. The summed E-state index contributed by atoms with van der Waals surface area (Å²) < 4.78 is 27.5. The number of ether oxygens (including phenoxy) is 1. The number of benzene rings is 4. The lowest BCUT2D eigenvalue weighted by atomic mass is 9.89. The van der Waals surface area contributed by atoms with Crippen LogP contribution < -0.4 is 14.8 Å². The second-order valence-electron chi connectivity index (χ2n) is 23.0. The Balaban J connectivity index is 1.88. The molecule has 0 bridgehead atoms. The molecule has 0 saturated heterocycles. The van der Waals surface area contributed by atoms with E-state index in [0.717, 1.165) is 36.8 Å². The van der Waals surface area contributed by atoms with Crippen molar-refractivity contribution in [2.45, 2.75) is 169 Å². The summed E-state index contributed by atoms with van der Waals surface area (Å²) in [5, 5.41) is 14.5. The Bertz CT molecular complexity index is 2280. The molecule has 7 nitrogen and oxygen atoms in total. The van der Waals surface area contributed by atoms with E-state index in [1.165, 1.54) is 10.4 Å². The molecule has 4 aromatic rings. The number of hydrogen-bond acceptors (Lipinski definition) is 7. The molecule has 0 aliphatic heterocycles. The minimum absolute atomic E-state index is 0.0176. The van der Waals surface area contributed by atoms with Crippen LogP contribution in [-0.4, -0.2) is 54.5 Å². The fourth-order valence-electron chi connectivity index (χ4n) is 8.36. The fourth-order valence-corrected chi connectivity index (χ4v) is 15.4. The molecule has 4 aromatic carbocycles. The zero-order valence-electron chi connectivity index (χ0n) is 45.1. The minimum atomic E-state index is -2.90. The van der Waals surface area contributed by atoms with E-state index in [1.807, 2.05) is 68.5 Å². The van der Waals surface area contributed by atoms with E-state index in [1.54, 1.807) is 12.2 Å². The van der Waals surface area contributed by atoms with Crippen LogP contribution in [0.2, 0.25) is 41.3 Å². The summed E-state index contributed by atoms with van der Waals surface area (Å²) in [6, 6.07) is 32.5.